The van der Waals surface area contributed by atoms with Gasteiger partial charge < -0.3 is 9.64 Å². The molecule has 0 fully saturated rings. The van der Waals surface area contributed by atoms with Crippen molar-refractivity contribution in [2.45, 2.75) is 27.2 Å². The first-order valence-electron chi connectivity index (χ1n) is 6.15. The number of benzene rings is 1. The van der Waals surface area contributed by atoms with Gasteiger partial charge in [0.25, 0.3) is 0 Å². The number of carbonyl (C=O) groups excluding carboxylic acids is 2. The van der Waals surface area contributed by atoms with Crippen LogP contribution in [0, 0.1) is 6.92 Å². The van der Waals surface area contributed by atoms with Crippen LogP contribution in [0.3, 0.4) is 0 Å². The van der Waals surface area contributed by atoms with Crippen LogP contribution in [-0.4, -0.2) is 25.0 Å². The Morgan fingerprint density at radius 2 is 2.00 bits per heavy atom. The third-order valence-corrected chi connectivity index (χ3v) is 2.49. The lowest BCUT2D eigenvalue weighted by atomic mass is 10.2. The lowest BCUT2D eigenvalue weighted by Crippen LogP contribution is -2.37. The van der Waals surface area contributed by atoms with Crippen molar-refractivity contribution in [2.75, 3.05) is 18.1 Å². The van der Waals surface area contributed by atoms with Crippen molar-refractivity contribution in [3.8, 4) is 0 Å². The van der Waals surface area contributed by atoms with E-state index in [-0.39, 0.29) is 6.61 Å². The fourth-order valence-corrected chi connectivity index (χ4v) is 1.61. The molecule has 18 heavy (non-hydrogen) atoms. The number of hydrogen-bond donors (Lipinski definition) is 0. The molecule has 98 valence electrons. The molecule has 4 heteroatoms. The number of likely N-dealkylation sites (N-methyl/N-ethyl adjacent to an activating group) is 1. The van der Waals surface area contributed by atoms with E-state index in [0.29, 0.717) is 13.0 Å². The Hall–Kier alpha value is -1.84. The average molecular weight is 249 g/mol. The summed E-state index contributed by atoms with van der Waals surface area (Å²) >= 11 is 0. The molecule has 0 aliphatic carbocycles. The predicted molar refractivity (Wildman–Crippen MR) is 70.5 cm³/mol. The second kappa shape index (κ2) is 6.79. The molecule has 1 aromatic rings. The summed E-state index contributed by atoms with van der Waals surface area (Å²) in [6, 6.07) is 7.48. The Bertz CT molecular complexity index is 429. The molecule has 0 radical (unpaired) electrons. The van der Waals surface area contributed by atoms with Crippen molar-refractivity contribution in [1.29, 1.82) is 0 Å². The maximum Gasteiger partial charge on any atom is 0.397 e. The van der Waals surface area contributed by atoms with Crippen LogP contribution in [0.15, 0.2) is 24.3 Å². The van der Waals surface area contributed by atoms with Gasteiger partial charge in [-0.15, -0.1) is 0 Å². The largest absolute Gasteiger partial charge is 0.459 e. The Morgan fingerprint density at radius 1 is 1.28 bits per heavy atom. The average Bonchev–Trinajstić information content (AvgIpc) is 2.36. The van der Waals surface area contributed by atoms with Crippen LogP contribution in [0.4, 0.5) is 5.69 Å². The molecular weight excluding hydrogens is 230 g/mol. The van der Waals surface area contributed by atoms with E-state index < -0.39 is 11.9 Å². The molecule has 0 atom stereocenters. The van der Waals surface area contributed by atoms with Gasteiger partial charge in [-0.2, -0.15) is 0 Å². The molecule has 0 bridgehead atoms. The van der Waals surface area contributed by atoms with Crippen LogP contribution in [0.5, 0.6) is 0 Å². The predicted octanol–water partition coefficient (Wildman–Crippen LogP) is 2.30. The third-order valence-electron chi connectivity index (χ3n) is 2.49. The van der Waals surface area contributed by atoms with Crippen LogP contribution < -0.4 is 4.90 Å². The SMILES string of the molecule is CCCOC(=O)C(=O)N(CC)c1cccc(C)c1. The molecule has 0 saturated heterocycles. The van der Waals surface area contributed by atoms with Gasteiger partial charge in [-0.25, -0.2) is 4.79 Å². The summed E-state index contributed by atoms with van der Waals surface area (Å²) in [6.45, 7) is 6.36. The highest BCUT2D eigenvalue weighted by molar-refractivity contribution is 6.38. The van der Waals surface area contributed by atoms with Crippen molar-refractivity contribution in [2.24, 2.45) is 0 Å². The lowest BCUT2D eigenvalue weighted by molar-refractivity contribution is -0.153. The zero-order valence-corrected chi connectivity index (χ0v) is 11.1. The van der Waals surface area contributed by atoms with Crippen LogP contribution in [0.1, 0.15) is 25.8 Å². The fraction of sp³-hybridized carbons (Fsp3) is 0.429. The first-order chi connectivity index (χ1) is 8.60. The van der Waals surface area contributed by atoms with Gasteiger partial charge in [-0.05, 0) is 38.0 Å². The van der Waals surface area contributed by atoms with E-state index in [4.69, 9.17) is 4.74 Å². The van der Waals surface area contributed by atoms with Crippen LogP contribution in [0.2, 0.25) is 0 Å². The minimum Gasteiger partial charge on any atom is -0.459 e. The summed E-state index contributed by atoms with van der Waals surface area (Å²) in [5, 5.41) is 0. The number of esters is 1. The van der Waals surface area contributed by atoms with Gasteiger partial charge in [0.2, 0.25) is 0 Å². The second-order valence-electron chi connectivity index (χ2n) is 4.02. The molecule has 0 aromatic heterocycles. The molecule has 0 spiro atoms. The third kappa shape index (κ3) is 3.58. The number of hydrogen-bond acceptors (Lipinski definition) is 3. The summed E-state index contributed by atoms with van der Waals surface area (Å²) in [4.78, 5) is 24.9. The molecule has 4 nitrogen and oxygen atoms in total. The van der Waals surface area contributed by atoms with E-state index in [9.17, 15) is 9.59 Å². The molecule has 0 unspecified atom stereocenters. The fourth-order valence-electron chi connectivity index (χ4n) is 1.61. The maximum atomic E-state index is 11.9. The molecule has 0 N–H and O–H groups in total. The zero-order chi connectivity index (χ0) is 13.5. The standard InChI is InChI=1S/C14H19NO3/c1-4-9-18-14(17)13(16)15(5-2)12-8-6-7-11(3)10-12/h6-8,10H,4-5,9H2,1-3H3. The molecule has 1 amide bonds. The van der Waals surface area contributed by atoms with Gasteiger partial charge in [0, 0.05) is 12.2 Å². The Kier molecular flexibility index (Phi) is 5.36. The highest BCUT2D eigenvalue weighted by Crippen LogP contribution is 2.16. The van der Waals surface area contributed by atoms with Gasteiger partial charge in [0.1, 0.15) is 0 Å². The normalized spacial score (nSPS) is 9.94. The van der Waals surface area contributed by atoms with E-state index in [1.54, 1.807) is 0 Å². The molecule has 0 aliphatic rings. The first kappa shape index (κ1) is 14.2. The molecule has 0 saturated carbocycles. The molecule has 1 rings (SSSR count). The topological polar surface area (TPSA) is 46.6 Å². The van der Waals surface area contributed by atoms with Gasteiger partial charge in [-0.3, -0.25) is 4.79 Å². The van der Waals surface area contributed by atoms with E-state index >= 15 is 0 Å². The monoisotopic (exact) mass is 249 g/mol. The van der Waals surface area contributed by atoms with E-state index in [1.807, 2.05) is 45.0 Å². The van der Waals surface area contributed by atoms with Crippen molar-refractivity contribution in [3.05, 3.63) is 29.8 Å². The van der Waals surface area contributed by atoms with Crippen LogP contribution in [0.25, 0.3) is 0 Å². The summed E-state index contributed by atoms with van der Waals surface area (Å²) < 4.78 is 4.86. The van der Waals surface area contributed by atoms with Crippen molar-refractivity contribution >= 4 is 17.6 Å². The number of amides is 1. The van der Waals surface area contributed by atoms with Crippen molar-refractivity contribution < 1.29 is 14.3 Å². The van der Waals surface area contributed by atoms with E-state index in [1.165, 1.54) is 4.90 Å². The van der Waals surface area contributed by atoms with E-state index in [2.05, 4.69) is 0 Å². The number of rotatable bonds is 4. The quantitative estimate of drug-likeness (QED) is 0.607. The van der Waals surface area contributed by atoms with Gasteiger partial charge in [0.05, 0.1) is 6.61 Å². The summed E-state index contributed by atoms with van der Waals surface area (Å²) in [5.41, 5.74) is 1.76. The van der Waals surface area contributed by atoms with Gasteiger partial charge in [-0.1, -0.05) is 19.1 Å². The molecule has 1 aromatic carbocycles. The number of nitrogens with zero attached hydrogens (tertiary/aromatic N) is 1. The Labute approximate surface area is 108 Å². The molecular formula is C14H19NO3. The highest BCUT2D eigenvalue weighted by Gasteiger charge is 2.23. The minimum atomic E-state index is -0.791. The Balaban J connectivity index is 2.83. The van der Waals surface area contributed by atoms with Crippen LogP contribution in [-0.2, 0) is 14.3 Å². The number of anilines is 1. The minimum absolute atomic E-state index is 0.274. The smallest absolute Gasteiger partial charge is 0.397 e. The lowest BCUT2D eigenvalue weighted by Gasteiger charge is -2.20. The Morgan fingerprint density at radius 3 is 2.56 bits per heavy atom. The zero-order valence-electron chi connectivity index (χ0n) is 11.1. The van der Waals surface area contributed by atoms with Crippen molar-refractivity contribution in [3.63, 3.8) is 0 Å². The highest BCUT2D eigenvalue weighted by atomic mass is 16.5. The van der Waals surface area contributed by atoms with Crippen molar-refractivity contribution in [1.82, 2.24) is 0 Å². The molecule has 0 aliphatic heterocycles. The first-order valence-corrected chi connectivity index (χ1v) is 6.15. The van der Waals surface area contributed by atoms with Gasteiger partial charge in [0.15, 0.2) is 0 Å². The van der Waals surface area contributed by atoms with E-state index in [0.717, 1.165) is 11.3 Å². The maximum absolute atomic E-state index is 11.9. The van der Waals surface area contributed by atoms with Gasteiger partial charge >= 0.3 is 11.9 Å². The number of aryl methyl sites for hydroxylation is 1. The number of ether oxygens (including phenoxy) is 1. The molecule has 0 heterocycles. The second-order valence-corrected chi connectivity index (χ2v) is 4.02. The summed E-state index contributed by atoms with van der Waals surface area (Å²) in [7, 11) is 0. The summed E-state index contributed by atoms with van der Waals surface area (Å²) in [5.74, 6) is -1.41. The number of carbonyl (C=O) groups is 2. The van der Waals surface area contributed by atoms with Crippen LogP contribution >= 0.6 is 0 Å². The summed E-state index contributed by atoms with van der Waals surface area (Å²) in [6.07, 6.45) is 0.704.